The van der Waals surface area contributed by atoms with Crippen molar-refractivity contribution in [1.82, 2.24) is 9.61 Å². The van der Waals surface area contributed by atoms with Crippen molar-refractivity contribution in [2.45, 2.75) is 26.7 Å². The number of carbonyl (C=O) groups excluding carboxylic acids is 1. The number of carboxylic acids is 1. The predicted octanol–water partition coefficient (Wildman–Crippen LogP) is 4.06. The Labute approximate surface area is 155 Å². The Kier molecular flexibility index (Phi) is 4.95. The van der Waals surface area contributed by atoms with Crippen molar-refractivity contribution in [3.63, 3.8) is 0 Å². The molecule has 0 aliphatic heterocycles. The molecule has 0 fully saturated rings. The Morgan fingerprint density at radius 3 is 2.65 bits per heavy atom. The minimum atomic E-state index is -1.20. The molecule has 3 aromatic rings. The molecule has 0 aliphatic rings. The highest BCUT2D eigenvalue weighted by molar-refractivity contribution is 6.32. The number of nitrogens with zero attached hydrogens (tertiary/aromatic N) is 2. The minimum absolute atomic E-state index is 0.146. The molecule has 134 valence electrons. The average Bonchev–Trinajstić information content (AvgIpc) is 3.08. The third kappa shape index (κ3) is 3.15. The van der Waals surface area contributed by atoms with Crippen LogP contribution < -0.4 is 5.32 Å². The van der Waals surface area contributed by atoms with Gasteiger partial charge in [-0.25, -0.2) is 9.31 Å². The summed E-state index contributed by atoms with van der Waals surface area (Å²) in [6, 6.07) is 8.56. The average molecular weight is 372 g/mol. The number of aryl methyl sites for hydroxylation is 1. The van der Waals surface area contributed by atoms with Crippen LogP contribution in [0.4, 0.5) is 5.69 Å². The van der Waals surface area contributed by atoms with E-state index in [1.54, 1.807) is 18.3 Å². The van der Waals surface area contributed by atoms with Crippen molar-refractivity contribution in [3.8, 4) is 0 Å². The van der Waals surface area contributed by atoms with Crippen LogP contribution >= 0.6 is 11.6 Å². The molecule has 0 saturated heterocycles. The molecule has 6 nitrogen and oxygen atoms in total. The van der Waals surface area contributed by atoms with Crippen LogP contribution in [0.5, 0.6) is 0 Å². The summed E-state index contributed by atoms with van der Waals surface area (Å²) in [7, 11) is 0. The Morgan fingerprint density at radius 1 is 1.23 bits per heavy atom. The number of hydrogen-bond donors (Lipinski definition) is 2. The summed E-state index contributed by atoms with van der Waals surface area (Å²) in [6.07, 6.45) is 3.00. The van der Waals surface area contributed by atoms with Gasteiger partial charge in [0.2, 0.25) is 0 Å². The van der Waals surface area contributed by atoms with E-state index < -0.39 is 11.9 Å². The molecule has 0 aliphatic carbocycles. The largest absolute Gasteiger partial charge is 0.478 e. The van der Waals surface area contributed by atoms with E-state index in [0.29, 0.717) is 29.1 Å². The van der Waals surface area contributed by atoms with Gasteiger partial charge in [0.05, 0.1) is 11.1 Å². The number of anilines is 1. The summed E-state index contributed by atoms with van der Waals surface area (Å²) in [5.74, 6) is -1.78. The minimum Gasteiger partial charge on any atom is -0.478 e. The van der Waals surface area contributed by atoms with Crippen LogP contribution in [0.1, 0.15) is 45.8 Å². The highest BCUT2D eigenvalue weighted by Gasteiger charge is 2.22. The second-order valence-corrected chi connectivity index (χ2v) is 6.22. The molecule has 0 atom stereocenters. The summed E-state index contributed by atoms with van der Waals surface area (Å²) in [5.41, 5.74) is 2.68. The second-order valence-electron chi connectivity index (χ2n) is 5.81. The van der Waals surface area contributed by atoms with Crippen LogP contribution in [0.2, 0.25) is 5.02 Å². The van der Waals surface area contributed by atoms with Crippen LogP contribution in [-0.2, 0) is 12.8 Å². The normalized spacial score (nSPS) is 10.9. The number of nitrogens with one attached hydrogen (secondary N) is 1. The van der Waals surface area contributed by atoms with E-state index in [0.717, 1.165) is 11.1 Å². The molecule has 0 unspecified atom stereocenters. The van der Waals surface area contributed by atoms with Crippen LogP contribution in [0.3, 0.4) is 0 Å². The standard InChI is InChI=1S/C19H18ClN3O3/c1-3-11-7-8-15(20)13(4-2)16(11)21-18(24)17-14(19(25)26)10-12-6-5-9-23(12)22-17/h5-10H,3-4H2,1-2H3,(H,21,24)(H,25,26). The molecule has 0 radical (unpaired) electrons. The third-order valence-corrected chi connectivity index (χ3v) is 4.63. The molecule has 0 bridgehead atoms. The number of benzene rings is 1. The summed E-state index contributed by atoms with van der Waals surface area (Å²) in [4.78, 5) is 24.5. The van der Waals surface area contributed by atoms with Gasteiger partial charge < -0.3 is 10.4 Å². The molecule has 3 rings (SSSR count). The number of aromatic nitrogens is 2. The lowest BCUT2D eigenvalue weighted by atomic mass is 10.0. The fourth-order valence-electron chi connectivity index (χ4n) is 2.94. The van der Waals surface area contributed by atoms with Gasteiger partial charge in [-0.05, 0) is 48.2 Å². The van der Waals surface area contributed by atoms with Gasteiger partial charge in [0, 0.05) is 16.9 Å². The fraction of sp³-hybridized carbons (Fsp3) is 0.211. The van der Waals surface area contributed by atoms with Gasteiger partial charge in [0.1, 0.15) is 0 Å². The van der Waals surface area contributed by atoms with E-state index in [1.807, 2.05) is 26.0 Å². The maximum absolute atomic E-state index is 12.9. The number of hydrogen-bond acceptors (Lipinski definition) is 3. The summed E-state index contributed by atoms with van der Waals surface area (Å²) >= 11 is 6.27. The van der Waals surface area contributed by atoms with Crippen molar-refractivity contribution < 1.29 is 14.7 Å². The SMILES string of the molecule is CCc1ccc(Cl)c(CC)c1NC(=O)c1nn2cccc2cc1C(=O)O. The first-order valence-corrected chi connectivity index (χ1v) is 8.67. The molecule has 7 heteroatoms. The fourth-order valence-corrected chi connectivity index (χ4v) is 3.23. The molecular weight excluding hydrogens is 354 g/mol. The Bertz CT molecular complexity index is 1010. The molecule has 0 saturated carbocycles. The number of halogens is 1. The van der Waals surface area contributed by atoms with Gasteiger partial charge in [-0.1, -0.05) is 31.5 Å². The van der Waals surface area contributed by atoms with E-state index in [9.17, 15) is 14.7 Å². The smallest absolute Gasteiger partial charge is 0.338 e. The molecule has 2 aromatic heterocycles. The van der Waals surface area contributed by atoms with E-state index in [4.69, 9.17) is 11.6 Å². The van der Waals surface area contributed by atoms with Crippen LogP contribution in [-0.4, -0.2) is 26.6 Å². The summed E-state index contributed by atoms with van der Waals surface area (Å²) < 4.78 is 1.47. The third-order valence-electron chi connectivity index (χ3n) is 4.27. The Balaban J connectivity index is 2.09. The summed E-state index contributed by atoms with van der Waals surface area (Å²) in [6.45, 7) is 3.92. The molecular formula is C19H18ClN3O3. The van der Waals surface area contributed by atoms with Crippen molar-refractivity contribution in [2.24, 2.45) is 0 Å². The topological polar surface area (TPSA) is 83.7 Å². The van der Waals surface area contributed by atoms with Gasteiger partial charge in [0.25, 0.3) is 5.91 Å². The van der Waals surface area contributed by atoms with Crippen molar-refractivity contribution in [3.05, 3.63) is 63.9 Å². The van der Waals surface area contributed by atoms with Gasteiger partial charge in [-0.3, -0.25) is 4.79 Å². The highest BCUT2D eigenvalue weighted by atomic mass is 35.5. The van der Waals surface area contributed by atoms with Crippen LogP contribution in [0, 0.1) is 0 Å². The van der Waals surface area contributed by atoms with E-state index in [-0.39, 0.29) is 11.3 Å². The van der Waals surface area contributed by atoms with Gasteiger partial charge in [0.15, 0.2) is 5.69 Å². The van der Waals surface area contributed by atoms with Gasteiger partial charge in [-0.2, -0.15) is 5.10 Å². The van der Waals surface area contributed by atoms with E-state index in [2.05, 4.69) is 10.4 Å². The lowest BCUT2D eigenvalue weighted by molar-refractivity contribution is 0.0691. The van der Waals surface area contributed by atoms with E-state index >= 15 is 0 Å². The quantitative estimate of drug-likeness (QED) is 0.708. The molecule has 1 amide bonds. The maximum Gasteiger partial charge on any atom is 0.338 e. The molecule has 26 heavy (non-hydrogen) atoms. The Morgan fingerprint density at radius 2 is 2.00 bits per heavy atom. The van der Waals surface area contributed by atoms with Gasteiger partial charge in [-0.15, -0.1) is 0 Å². The second kappa shape index (κ2) is 7.17. The van der Waals surface area contributed by atoms with Crippen LogP contribution in [0.25, 0.3) is 5.52 Å². The van der Waals surface area contributed by atoms with Crippen molar-refractivity contribution in [1.29, 1.82) is 0 Å². The van der Waals surface area contributed by atoms with Crippen LogP contribution in [0.15, 0.2) is 36.5 Å². The maximum atomic E-state index is 12.9. The first kappa shape index (κ1) is 17.9. The number of amides is 1. The lowest BCUT2D eigenvalue weighted by Crippen LogP contribution is -2.21. The number of carboxylic acid groups (broad SMARTS) is 1. The molecule has 0 spiro atoms. The first-order chi connectivity index (χ1) is 12.5. The number of carbonyl (C=O) groups is 2. The van der Waals surface area contributed by atoms with E-state index in [1.165, 1.54) is 10.6 Å². The number of fused-ring (bicyclic) bond motifs is 1. The van der Waals surface area contributed by atoms with Crippen molar-refractivity contribution >= 4 is 34.7 Å². The zero-order valence-corrected chi connectivity index (χ0v) is 15.2. The zero-order chi connectivity index (χ0) is 18.8. The molecule has 1 aromatic carbocycles. The highest BCUT2D eigenvalue weighted by Crippen LogP contribution is 2.30. The zero-order valence-electron chi connectivity index (χ0n) is 14.4. The predicted molar refractivity (Wildman–Crippen MR) is 100 cm³/mol. The summed E-state index contributed by atoms with van der Waals surface area (Å²) in [5, 5.41) is 17.0. The first-order valence-electron chi connectivity index (χ1n) is 8.29. The lowest BCUT2D eigenvalue weighted by Gasteiger charge is -2.16. The number of rotatable bonds is 5. The molecule has 2 heterocycles. The number of aromatic carboxylic acids is 1. The van der Waals surface area contributed by atoms with Crippen molar-refractivity contribution in [2.75, 3.05) is 5.32 Å². The monoisotopic (exact) mass is 371 g/mol. The Hall–Kier alpha value is -2.86. The van der Waals surface area contributed by atoms with Gasteiger partial charge >= 0.3 is 5.97 Å². The molecule has 2 N–H and O–H groups in total.